The number of imidazole rings is 1. The van der Waals surface area contributed by atoms with Gasteiger partial charge in [0.2, 0.25) is 0 Å². The van der Waals surface area contributed by atoms with Crippen LogP contribution < -0.4 is 4.74 Å². The average molecular weight is 326 g/mol. The van der Waals surface area contributed by atoms with E-state index in [1.165, 1.54) is 19.4 Å². The number of nitrogens with one attached hydrogen (secondary N) is 1. The number of carbonyl (C=O) groups is 1. The first kappa shape index (κ1) is 15.7. The highest BCUT2D eigenvalue weighted by atomic mass is 19.1. The molecule has 0 saturated heterocycles. The fourth-order valence-electron chi connectivity index (χ4n) is 2.19. The number of hydrogen-bond donors (Lipinski definition) is 1. The zero-order valence-corrected chi connectivity index (χ0v) is 13.0. The summed E-state index contributed by atoms with van der Waals surface area (Å²) < 4.78 is 24.5. The number of nitrogens with zero attached hydrogens (tertiary/aromatic N) is 1. The SMILES string of the molecule is COC(=O)c1c[nH]c(-c2ccc(OCc3ccccc3)cc2F)n1. The fourth-order valence-corrected chi connectivity index (χ4v) is 2.19. The molecule has 6 heteroatoms. The molecule has 0 spiro atoms. The predicted octanol–water partition coefficient (Wildman–Crippen LogP) is 3.58. The molecule has 0 aliphatic heterocycles. The van der Waals surface area contributed by atoms with Gasteiger partial charge in [-0.2, -0.15) is 0 Å². The lowest BCUT2D eigenvalue weighted by Gasteiger charge is -2.07. The summed E-state index contributed by atoms with van der Waals surface area (Å²) in [4.78, 5) is 18.2. The van der Waals surface area contributed by atoms with Crippen LogP contribution >= 0.6 is 0 Å². The predicted molar refractivity (Wildman–Crippen MR) is 86.1 cm³/mol. The van der Waals surface area contributed by atoms with Gasteiger partial charge in [0.15, 0.2) is 5.69 Å². The number of esters is 1. The van der Waals surface area contributed by atoms with Crippen LogP contribution in [0.25, 0.3) is 11.4 Å². The Morgan fingerprint density at radius 2 is 2.00 bits per heavy atom. The second-order valence-corrected chi connectivity index (χ2v) is 5.04. The highest BCUT2D eigenvalue weighted by Gasteiger charge is 2.14. The molecule has 0 bridgehead atoms. The van der Waals surface area contributed by atoms with Crippen molar-refractivity contribution in [2.45, 2.75) is 6.61 Å². The van der Waals surface area contributed by atoms with E-state index < -0.39 is 11.8 Å². The largest absolute Gasteiger partial charge is 0.489 e. The van der Waals surface area contributed by atoms with Gasteiger partial charge in [0.05, 0.1) is 12.7 Å². The lowest BCUT2D eigenvalue weighted by atomic mass is 10.2. The molecule has 0 unspecified atom stereocenters. The third-order valence-corrected chi connectivity index (χ3v) is 3.42. The van der Waals surface area contributed by atoms with E-state index in [0.717, 1.165) is 5.56 Å². The first-order valence-electron chi connectivity index (χ1n) is 7.28. The summed E-state index contributed by atoms with van der Waals surface area (Å²) in [5.74, 6) is -0.408. The van der Waals surface area contributed by atoms with E-state index in [1.54, 1.807) is 12.1 Å². The highest BCUT2D eigenvalue weighted by molar-refractivity contribution is 5.87. The monoisotopic (exact) mass is 326 g/mol. The highest BCUT2D eigenvalue weighted by Crippen LogP contribution is 2.25. The normalized spacial score (nSPS) is 10.4. The van der Waals surface area contributed by atoms with Crippen LogP contribution in [0.5, 0.6) is 5.75 Å². The summed E-state index contributed by atoms with van der Waals surface area (Å²) >= 11 is 0. The number of aromatic amines is 1. The molecule has 3 aromatic rings. The minimum absolute atomic E-state index is 0.0938. The summed E-state index contributed by atoms with van der Waals surface area (Å²) in [5, 5.41) is 0. The maximum Gasteiger partial charge on any atom is 0.358 e. The molecule has 3 rings (SSSR count). The van der Waals surface area contributed by atoms with Crippen LogP contribution in [-0.4, -0.2) is 23.0 Å². The molecule has 0 amide bonds. The third-order valence-electron chi connectivity index (χ3n) is 3.42. The molecule has 5 nitrogen and oxygen atoms in total. The molecule has 0 fully saturated rings. The van der Waals surface area contributed by atoms with Crippen LogP contribution in [0.3, 0.4) is 0 Å². The average Bonchev–Trinajstić information content (AvgIpc) is 3.10. The maximum absolute atomic E-state index is 14.3. The standard InChI is InChI=1S/C18H15FN2O3/c1-23-18(22)16-10-20-17(21-16)14-8-7-13(9-15(14)19)24-11-12-5-3-2-4-6-12/h2-10H,11H2,1H3,(H,20,21). The van der Waals surface area contributed by atoms with E-state index in [1.807, 2.05) is 30.3 Å². The molecule has 0 aliphatic carbocycles. The Kier molecular flexibility index (Phi) is 4.56. The Morgan fingerprint density at radius 3 is 2.71 bits per heavy atom. The van der Waals surface area contributed by atoms with Gasteiger partial charge in [-0.3, -0.25) is 0 Å². The number of methoxy groups -OCH3 is 1. The molecule has 0 aliphatic rings. The van der Waals surface area contributed by atoms with Crippen molar-refractivity contribution >= 4 is 5.97 Å². The van der Waals surface area contributed by atoms with Gasteiger partial charge in [0, 0.05) is 12.3 Å². The Bertz CT molecular complexity index is 846. The summed E-state index contributed by atoms with van der Waals surface area (Å²) in [5.41, 5.74) is 1.34. The van der Waals surface area contributed by atoms with Gasteiger partial charge in [-0.05, 0) is 17.7 Å². The minimum Gasteiger partial charge on any atom is -0.489 e. The molecule has 0 saturated carbocycles. The topological polar surface area (TPSA) is 64.2 Å². The molecule has 1 N–H and O–H groups in total. The number of carbonyl (C=O) groups excluding carboxylic acids is 1. The zero-order chi connectivity index (χ0) is 16.9. The number of H-pyrrole nitrogens is 1. The second-order valence-electron chi connectivity index (χ2n) is 5.04. The van der Waals surface area contributed by atoms with Crippen molar-refractivity contribution in [3.05, 3.63) is 71.8 Å². The zero-order valence-electron chi connectivity index (χ0n) is 13.0. The molecule has 1 heterocycles. The van der Waals surface area contributed by atoms with Gasteiger partial charge < -0.3 is 14.5 Å². The lowest BCUT2D eigenvalue weighted by Crippen LogP contribution is -2.01. The first-order chi connectivity index (χ1) is 11.7. The van der Waals surface area contributed by atoms with Crippen LogP contribution in [0.1, 0.15) is 16.1 Å². The lowest BCUT2D eigenvalue weighted by molar-refractivity contribution is 0.0594. The molecule has 122 valence electrons. The van der Waals surface area contributed by atoms with Gasteiger partial charge in [-0.15, -0.1) is 0 Å². The van der Waals surface area contributed by atoms with Crippen LogP contribution in [-0.2, 0) is 11.3 Å². The summed E-state index contributed by atoms with van der Waals surface area (Å²) in [6, 6.07) is 14.1. The van der Waals surface area contributed by atoms with E-state index in [2.05, 4.69) is 14.7 Å². The van der Waals surface area contributed by atoms with Crippen LogP contribution in [0.15, 0.2) is 54.7 Å². The molecule has 24 heavy (non-hydrogen) atoms. The summed E-state index contributed by atoms with van der Waals surface area (Å²) in [6.45, 7) is 0.354. The maximum atomic E-state index is 14.3. The van der Waals surface area contributed by atoms with Crippen molar-refractivity contribution < 1.29 is 18.7 Å². The van der Waals surface area contributed by atoms with Crippen molar-refractivity contribution in [3.8, 4) is 17.1 Å². The smallest absolute Gasteiger partial charge is 0.358 e. The van der Waals surface area contributed by atoms with Crippen molar-refractivity contribution in [2.75, 3.05) is 7.11 Å². The van der Waals surface area contributed by atoms with E-state index in [9.17, 15) is 9.18 Å². The molecular formula is C18H15FN2O3. The number of rotatable bonds is 5. The van der Waals surface area contributed by atoms with E-state index in [0.29, 0.717) is 12.4 Å². The van der Waals surface area contributed by atoms with Gasteiger partial charge in [0.25, 0.3) is 0 Å². The number of ether oxygens (including phenoxy) is 2. The van der Waals surface area contributed by atoms with Gasteiger partial charge in [-0.25, -0.2) is 14.2 Å². The fraction of sp³-hybridized carbons (Fsp3) is 0.111. The number of aromatic nitrogens is 2. The van der Waals surface area contributed by atoms with Crippen molar-refractivity contribution in [1.82, 2.24) is 9.97 Å². The van der Waals surface area contributed by atoms with E-state index in [-0.39, 0.29) is 17.1 Å². The quantitative estimate of drug-likeness (QED) is 0.728. The van der Waals surface area contributed by atoms with Crippen LogP contribution in [0.4, 0.5) is 4.39 Å². The molecule has 0 radical (unpaired) electrons. The Balaban J connectivity index is 1.75. The van der Waals surface area contributed by atoms with E-state index >= 15 is 0 Å². The molecular weight excluding hydrogens is 311 g/mol. The van der Waals surface area contributed by atoms with Crippen molar-refractivity contribution in [3.63, 3.8) is 0 Å². The summed E-state index contributed by atoms with van der Waals surface area (Å²) in [7, 11) is 1.26. The summed E-state index contributed by atoms with van der Waals surface area (Å²) in [6.07, 6.45) is 1.38. The van der Waals surface area contributed by atoms with Gasteiger partial charge >= 0.3 is 5.97 Å². The van der Waals surface area contributed by atoms with Gasteiger partial charge in [-0.1, -0.05) is 30.3 Å². The first-order valence-corrected chi connectivity index (χ1v) is 7.28. The van der Waals surface area contributed by atoms with E-state index in [4.69, 9.17) is 4.74 Å². The van der Waals surface area contributed by atoms with Crippen molar-refractivity contribution in [1.29, 1.82) is 0 Å². The van der Waals surface area contributed by atoms with Crippen LogP contribution in [0, 0.1) is 5.82 Å². The Hall–Kier alpha value is -3.15. The molecule has 2 aromatic carbocycles. The van der Waals surface area contributed by atoms with Crippen molar-refractivity contribution in [2.24, 2.45) is 0 Å². The number of halogens is 1. The van der Waals surface area contributed by atoms with Crippen LogP contribution in [0.2, 0.25) is 0 Å². The Labute approximate surface area is 138 Å². The molecule has 0 atom stereocenters. The third kappa shape index (κ3) is 3.43. The number of benzene rings is 2. The minimum atomic E-state index is -0.583. The van der Waals surface area contributed by atoms with Gasteiger partial charge in [0.1, 0.15) is 24.0 Å². The molecule has 1 aromatic heterocycles. The Morgan fingerprint density at radius 1 is 1.21 bits per heavy atom. The number of hydrogen-bond acceptors (Lipinski definition) is 4. The second kappa shape index (κ2) is 6.95.